The molecule has 0 saturated heterocycles. The van der Waals surface area contributed by atoms with Crippen molar-refractivity contribution >= 4 is 17.1 Å². The molecule has 206 valence electrons. The van der Waals surface area contributed by atoms with Gasteiger partial charge in [-0.15, -0.1) is 0 Å². The maximum atomic E-state index is 2.40. The van der Waals surface area contributed by atoms with Crippen LogP contribution in [-0.4, -0.2) is 0 Å². The molecular formula is C42H33N. The number of allylic oxidation sites excluding steroid dienone is 4. The van der Waals surface area contributed by atoms with Gasteiger partial charge in [-0.2, -0.15) is 0 Å². The van der Waals surface area contributed by atoms with E-state index in [9.17, 15) is 0 Å². The molecule has 0 aromatic heterocycles. The number of para-hydroxylation sites is 1. The van der Waals surface area contributed by atoms with Crippen LogP contribution in [0.1, 0.15) is 17.9 Å². The molecule has 43 heavy (non-hydrogen) atoms. The van der Waals surface area contributed by atoms with Crippen LogP contribution in [0, 0.1) is 0 Å². The SMILES string of the molecule is C1=CCC(c2cc(N(c3ccccc3)c3ccc(-c4ccccc4)cc3)ccc2-c2ccc(-c3ccccc3)cc2)C=C1. The van der Waals surface area contributed by atoms with Gasteiger partial charge in [-0.1, -0.05) is 146 Å². The zero-order chi connectivity index (χ0) is 28.8. The van der Waals surface area contributed by atoms with E-state index in [1.165, 1.54) is 38.9 Å². The first-order chi connectivity index (χ1) is 21.3. The third kappa shape index (κ3) is 5.71. The maximum absolute atomic E-state index is 2.40. The zero-order valence-corrected chi connectivity index (χ0v) is 24.1. The monoisotopic (exact) mass is 551 g/mol. The Kier molecular flexibility index (Phi) is 7.53. The standard InChI is InChI=1S/C42H33N/c1-5-13-32(14-6-1)34-21-23-37(24-22-34)41-30-29-40(31-42(41)36-17-9-3-10-18-36)43(38-19-11-4-12-20-38)39-27-25-35(26-28-39)33-15-7-2-8-16-33/h1-17,19-31,36H,18H2. The van der Waals surface area contributed by atoms with Crippen molar-refractivity contribution in [1.82, 2.24) is 0 Å². The van der Waals surface area contributed by atoms with Crippen molar-refractivity contribution in [2.45, 2.75) is 12.3 Å². The molecule has 0 saturated carbocycles. The van der Waals surface area contributed by atoms with Crippen molar-refractivity contribution in [3.63, 3.8) is 0 Å². The Hall–Kier alpha value is -5.40. The third-order valence-corrected chi connectivity index (χ3v) is 8.22. The molecule has 7 rings (SSSR count). The van der Waals surface area contributed by atoms with Gasteiger partial charge in [-0.3, -0.25) is 0 Å². The quantitative estimate of drug-likeness (QED) is 0.191. The number of benzene rings is 6. The van der Waals surface area contributed by atoms with Crippen LogP contribution in [0.4, 0.5) is 17.1 Å². The summed E-state index contributed by atoms with van der Waals surface area (Å²) < 4.78 is 0. The summed E-state index contributed by atoms with van der Waals surface area (Å²) in [6, 6.07) is 56.7. The third-order valence-electron chi connectivity index (χ3n) is 8.22. The van der Waals surface area contributed by atoms with Crippen LogP contribution in [0.25, 0.3) is 33.4 Å². The Labute approximate surface area is 254 Å². The first kappa shape index (κ1) is 26.5. The second-order valence-corrected chi connectivity index (χ2v) is 11.0. The van der Waals surface area contributed by atoms with E-state index in [1.54, 1.807) is 0 Å². The molecular weight excluding hydrogens is 518 g/mol. The minimum atomic E-state index is 0.312. The van der Waals surface area contributed by atoms with E-state index in [2.05, 4.69) is 187 Å². The molecule has 0 fully saturated rings. The molecule has 0 bridgehead atoms. The molecule has 6 aromatic rings. The lowest BCUT2D eigenvalue weighted by Crippen LogP contribution is -2.11. The fourth-order valence-electron chi connectivity index (χ4n) is 6.00. The highest BCUT2D eigenvalue weighted by atomic mass is 15.1. The van der Waals surface area contributed by atoms with E-state index in [0.717, 1.165) is 23.5 Å². The molecule has 0 N–H and O–H groups in total. The lowest BCUT2D eigenvalue weighted by atomic mass is 9.85. The Morgan fingerprint density at radius 3 is 1.49 bits per heavy atom. The van der Waals surface area contributed by atoms with Gasteiger partial charge in [-0.25, -0.2) is 0 Å². The van der Waals surface area contributed by atoms with Gasteiger partial charge < -0.3 is 4.90 Å². The van der Waals surface area contributed by atoms with Gasteiger partial charge in [-0.05, 0) is 81.8 Å². The van der Waals surface area contributed by atoms with Crippen LogP contribution >= 0.6 is 0 Å². The molecule has 1 unspecified atom stereocenters. The summed E-state index contributed by atoms with van der Waals surface area (Å²) >= 11 is 0. The summed E-state index contributed by atoms with van der Waals surface area (Å²) in [5.41, 5.74) is 12.2. The van der Waals surface area contributed by atoms with Gasteiger partial charge in [0.2, 0.25) is 0 Å². The van der Waals surface area contributed by atoms with Gasteiger partial charge in [0.25, 0.3) is 0 Å². The Morgan fingerprint density at radius 2 is 0.907 bits per heavy atom. The van der Waals surface area contributed by atoms with Gasteiger partial charge in [0.15, 0.2) is 0 Å². The van der Waals surface area contributed by atoms with Gasteiger partial charge in [0, 0.05) is 23.0 Å². The second-order valence-electron chi connectivity index (χ2n) is 11.0. The van der Waals surface area contributed by atoms with Gasteiger partial charge >= 0.3 is 0 Å². The van der Waals surface area contributed by atoms with Crippen LogP contribution in [0.15, 0.2) is 182 Å². The summed E-state index contributed by atoms with van der Waals surface area (Å²) in [5.74, 6) is 0.312. The lowest BCUT2D eigenvalue weighted by molar-refractivity contribution is 0.855. The van der Waals surface area contributed by atoms with Crippen LogP contribution in [0.2, 0.25) is 0 Å². The van der Waals surface area contributed by atoms with Crippen LogP contribution < -0.4 is 4.90 Å². The van der Waals surface area contributed by atoms with Gasteiger partial charge in [0.1, 0.15) is 0 Å². The number of hydrogen-bond donors (Lipinski definition) is 0. The second kappa shape index (κ2) is 12.2. The van der Waals surface area contributed by atoms with Crippen LogP contribution in [0.5, 0.6) is 0 Å². The molecule has 1 aliphatic rings. The molecule has 1 nitrogen and oxygen atoms in total. The first-order valence-electron chi connectivity index (χ1n) is 15.0. The Morgan fingerprint density at radius 1 is 0.419 bits per heavy atom. The van der Waals surface area contributed by atoms with Crippen LogP contribution in [-0.2, 0) is 0 Å². The summed E-state index contributed by atoms with van der Waals surface area (Å²) in [6.45, 7) is 0. The molecule has 0 radical (unpaired) electrons. The normalized spacial score (nSPS) is 14.0. The summed E-state index contributed by atoms with van der Waals surface area (Å²) in [4.78, 5) is 2.36. The van der Waals surface area contributed by atoms with Crippen molar-refractivity contribution < 1.29 is 0 Å². The van der Waals surface area contributed by atoms with Crippen molar-refractivity contribution in [1.29, 1.82) is 0 Å². The zero-order valence-electron chi connectivity index (χ0n) is 24.1. The average Bonchev–Trinajstić information content (AvgIpc) is 3.10. The molecule has 6 aromatic carbocycles. The van der Waals surface area contributed by atoms with E-state index >= 15 is 0 Å². The van der Waals surface area contributed by atoms with E-state index < -0.39 is 0 Å². The summed E-state index contributed by atoms with van der Waals surface area (Å²) in [5, 5.41) is 0. The highest BCUT2D eigenvalue weighted by Gasteiger charge is 2.19. The fraction of sp³-hybridized carbons (Fsp3) is 0.0476. The topological polar surface area (TPSA) is 3.24 Å². The molecule has 0 heterocycles. The number of hydrogen-bond acceptors (Lipinski definition) is 1. The highest BCUT2D eigenvalue weighted by Crippen LogP contribution is 2.41. The van der Waals surface area contributed by atoms with E-state index in [1.807, 2.05) is 0 Å². The van der Waals surface area contributed by atoms with E-state index in [4.69, 9.17) is 0 Å². The molecule has 1 atom stereocenters. The predicted octanol–water partition coefficient (Wildman–Crippen LogP) is 11.8. The van der Waals surface area contributed by atoms with Crippen molar-refractivity contribution in [2.24, 2.45) is 0 Å². The van der Waals surface area contributed by atoms with E-state index in [0.29, 0.717) is 5.92 Å². The summed E-state index contributed by atoms with van der Waals surface area (Å²) in [6.07, 6.45) is 9.94. The highest BCUT2D eigenvalue weighted by molar-refractivity contribution is 5.82. The Bertz CT molecular complexity index is 1850. The van der Waals surface area contributed by atoms with E-state index in [-0.39, 0.29) is 0 Å². The number of nitrogens with zero attached hydrogens (tertiary/aromatic N) is 1. The van der Waals surface area contributed by atoms with Crippen molar-refractivity contribution in [3.05, 3.63) is 188 Å². The molecule has 0 spiro atoms. The number of anilines is 3. The predicted molar refractivity (Wildman–Crippen MR) is 183 cm³/mol. The molecule has 1 aliphatic carbocycles. The molecule has 1 heteroatoms. The average molecular weight is 552 g/mol. The van der Waals surface area contributed by atoms with Crippen molar-refractivity contribution in [2.75, 3.05) is 4.90 Å². The van der Waals surface area contributed by atoms with Crippen LogP contribution in [0.3, 0.4) is 0 Å². The summed E-state index contributed by atoms with van der Waals surface area (Å²) in [7, 11) is 0. The minimum absolute atomic E-state index is 0.312. The largest absolute Gasteiger partial charge is 0.310 e. The smallest absolute Gasteiger partial charge is 0.0465 e. The minimum Gasteiger partial charge on any atom is -0.310 e. The Balaban J connectivity index is 1.31. The molecule has 0 amide bonds. The molecule has 0 aliphatic heterocycles. The lowest BCUT2D eigenvalue weighted by Gasteiger charge is -2.28. The number of rotatable bonds is 7. The van der Waals surface area contributed by atoms with Crippen molar-refractivity contribution in [3.8, 4) is 33.4 Å². The maximum Gasteiger partial charge on any atom is 0.0465 e. The first-order valence-corrected chi connectivity index (χ1v) is 15.0. The fourth-order valence-corrected chi connectivity index (χ4v) is 6.00. The van der Waals surface area contributed by atoms with Gasteiger partial charge in [0.05, 0.1) is 0 Å².